The molecule has 1 fully saturated rings. The number of rotatable bonds is 6. The first-order chi connectivity index (χ1) is 17.1. The van der Waals surface area contributed by atoms with Gasteiger partial charge in [-0.05, 0) is 55.3 Å². The van der Waals surface area contributed by atoms with Crippen molar-refractivity contribution in [3.05, 3.63) is 42.5 Å². The smallest absolute Gasteiger partial charge is 0.258 e. The summed E-state index contributed by atoms with van der Waals surface area (Å²) >= 11 is 0. The van der Waals surface area contributed by atoms with E-state index in [4.69, 9.17) is 4.52 Å². The number of amides is 2. The van der Waals surface area contributed by atoms with Crippen LogP contribution in [-0.4, -0.2) is 54.9 Å². The molecule has 5 rings (SSSR count). The summed E-state index contributed by atoms with van der Waals surface area (Å²) in [5.41, 5.74) is 3.77. The van der Waals surface area contributed by atoms with Crippen molar-refractivity contribution in [1.82, 2.24) is 30.0 Å². The van der Waals surface area contributed by atoms with Crippen molar-refractivity contribution in [1.29, 1.82) is 0 Å². The highest BCUT2D eigenvalue weighted by Gasteiger charge is 2.17. The molecule has 2 amide bonds. The maximum Gasteiger partial charge on any atom is 0.258 e. The lowest BCUT2D eigenvalue weighted by Gasteiger charge is -2.20. The lowest BCUT2D eigenvalue weighted by atomic mass is 10.2. The van der Waals surface area contributed by atoms with Gasteiger partial charge in [-0.2, -0.15) is 4.98 Å². The number of carbonyl (C=O) groups is 2. The molecular formula is C25H27N7O3. The number of carbonyl (C=O) groups excluding carboxylic acids is 2. The summed E-state index contributed by atoms with van der Waals surface area (Å²) in [6, 6.07) is 12.9. The Hall–Kier alpha value is -4.08. The average molecular weight is 474 g/mol. The van der Waals surface area contributed by atoms with Gasteiger partial charge in [0.15, 0.2) is 0 Å². The first-order valence-electron chi connectivity index (χ1n) is 11.9. The molecule has 35 heavy (non-hydrogen) atoms. The molecule has 0 atom stereocenters. The van der Waals surface area contributed by atoms with E-state index in [0.29, 0.717) is 35.9 Å². The van der Waals surface area contributed by atoms with Crippen LogP contribution in [0, 0.1) is 0 Å². The van der Waals surface area contributed by atoms with Crippen molar-refractivity contribution in [3.8, 4) is 22.8 Å². The van der Waals surface area contributed by atoms with Gasteiger partial charge in [-0.1, -0.05) is 23.2 Å². The Morgan fingerprint density at radius 3 is 2.49 bits per heavy atom. The molecule has 10 heteroatoms. The van der Waals surface area contributed by atoms with E-state index >= 15 is 0 Å². The summed E-state index contributed by atoms with van der Waals surface area (Å²) in [5, 5.41) is 15.4. The van der Waals surface area contributed by atoms with Crippen LogP contribution in [0.25, 0.3) is 33.9 Å². The first kappa shape index (κ1) is 22.7. The third kappa shape index (κ3) is 5.21. The third-order valence-corrected chi connectivity index (χ3v) is 6.15. The summed E-state index contributed by atoms with van der Waals surface area (Å²) in [4.78, 5) is 30.3. The number of nitrogens with one attached hydrogen (secondary N) is 1. The minimum atomic E-state index is -0.130. The molecular weight excluding hydrogens is 446 g/mol. The number of nitrogens with zero attached hydrogens (tertiary/aromatic N) is 6. The molecule has 0 aliphatic carbocycles. The Bertz CT molecular complexity index is 1330. The Kier molecular flexibility index (Phi) is 6.51. The van der Waals surface area contributed by atoms with E-state index in [1.165, 1.54) is 19.8 Å². The molecule has 0 saturated carbocycles. The second-order valence-electron chi connectivity index (χ2n) is 8.74. The van der Waals surface area contributed by atoms with Crippen molar-refractivity contribution in [3.63, 3.8) is 0 Å². The summed E-state index contributed by atoms with van der Waals surface area (Å²) in [5.74, 6) is 0.870. The fraction of sp³-hybridized carbons (Fsp3) is 0.360. The molecule has 0 radical (unpaired) electrons. The molecule has 3 heterocycles. The molecule has 1 N–H and O–H groups in total. The van der Waals surface area contributed by atoms with Crippen LogP contribution >= 0.6 is 0 Å². The zero-order chi connectivity index (χ0) is 24.2. The van der Waals surface area contributed by atoms with Crippen molar-refractivity contribution in [2.24, 2.45) is 0 Å². The van der Waals surface area contributed by atoms with Gasteiger partial charge in [-0.25, -0.2) is 4.68 Å². The number of hydrogen-bond donors (Lipinski definition) is 1. The van der Waals surface area contributed by atoms with Gasteiger partial charge in [0.1, 0.15) is 5.52 Å². The van der Waals surface area contributed by atoms with Crippen molar-refractivity contribution >= 4 is 28.5 Å². The quantitative estimate of drug-likeness (QED) is 0.451. The van der Waals surface area contributed by atoms with E-state index in [9.17, 15) is 9.59 Å². The molecule has 180 valence electrons. The number of aryl methyl sites for hydroxylation is 1. The first-order valence-corrected chi connectivity index (χ1v) is 11.9. The van der Waals surface area contributed by atoms with Crippen LogP contribution in [0.4, 0.5) is 5.69 Å². The highest BCUT2D eigenvalue weighted by Crippen LogP contribution is 2.25. The summed E-state index contributed by atoms with van der Waals surface area (Å²) in [6.45, 7) is 3.66. The third-order valence-electron chi connectivity index (χ3n) is 6.15. The van der Waals surface area contributed by atoms with E-state index in [0.717, 1.165) is 42.6 Å². The number of aromatic nitrogens is 5. The Labute approximate surface area is 202 Å². The van der Waals surface area contributed by atoms with Gasteiger partial charge in [0.05, 0.1) is 12.1 Å². The Morgan fingerprint density at radius 2 is 1.74 bits per heavy atom. The van der Waals surface area contributed by atoms with Gasteiger partial charge in [0.25, 0.3) is 5.89 Å². The van der Waals surface area contributed by atoms with Crippen molar-refractivity contribution in [2.75, 3.05) is 18.4 Å². The summed E-state index contributed by atoms with van der Waals surface area (Å²) in [6.07, 6.45) is 4.98. The fourth-order valence-electron chi connectivity index (χ4n) is 4.31. The molecule has 4 aromatic rings. The predicted molar refractivity (Wildman–Crippen MR) is 130 cm³/mol. The standard InChI is InChI=1S/C25H27N7O3/c1-17(33)26-20-9-6-18(7-10-20)25-27-24(29-35-25)19-8-11-22-21(16-19)28-30-32(22)15-12-23(34)31-13-4-2-3-5-14-31/h6-11,16H,2-5,12-15H2,1H3,(H,26,33). The zero-order valence-electron chi connectivity index (χ0n) is 19.6. The van der Waals surface area contributed by atoms with E-state index in [1.807, 2.05) is 35.2 Å². The highest BCUT2D eigenvalue weighted by atomic mass is 16.5. The zero-order valence-corrected chi connectivity index (χ0v) is 19.6. The topological polar surface area (TPSA) is 119 Å². The highest BCUT2D eigenvalue weighted by molar-refractivity contribution is 5.88. The van der Waals surface area contributed by atoms with Gasteiger partial charge >= 0.3 is 0 Å². The van der Waals surface area contributed by atoms with E-state index < -0.39 is 0 Å². The van der Waals surface area contributed by atoms with Gasteiger partial charge in [0, 0.05) is 43.2 Å². The minimum Gasteiger partial charge on any atom is -0.343 e. The summed E-state index contributed by atoms with van der Waals surface area (Å²) < 4.78 is 7.21. The maximum absolute atomic E-state index is 12.6. The molecule has 0 spiro atoms. The molecule has 1 saturated heterocycles. The van der Waals surface area contributed by atoms with Crippen LogP contribution in [0.15, 0.2) is 47.0 Å². The minimum absolute atomic E-state index is 0.130. The van der Waals surface area contributed by atoms with E-state index in [-0.39, 0.29) is 11.8 Å². The molecule has 2 aromatic heterocycles. The van der Waals surface area contributed by atoms with Crippen LogP contribution in [0.3, 0.4) is 0 Å². The summed E-state index contributed by atoms with van der Waals surface area (Å²) in [7, 11) is 0. The SMILES string of the molecule is CC(=O)Nc1ccc(-c2nc(-c3ccc4c(c3)nnn4CCC(=O)N3CCCCCC3)no2)cc1. The van der Waals surface area contributed by atoms with Crippen LogP contribution in [0.1, 0.15) is 39.0 Å². The number of anilines is 1. The normalized spacial score (nSPS) is 14.1. The van der Waals surface area contributed by atoms with Gasteiger partial charge in [-0.15, -0.1) is 5.10 Å². The van der Waals surface area contributed by atoms with Crippen molar-refractivity contribution < 1.29 is 14.1 Å². The number of likely N-dealkylation sites (tertiary alicyclic amines) is 1. The second-order valence-corrected chi connectivity index (χ2v) is 8.74. The molecule has 10 nitrogen and oxygen atoms in total. The molecule has 2 aromatic carbocycles. The molecule has 1 aliphatic rings. The monoisotopic (exact) mass is 473 g/mol. The van der Waals surface area contributed by atoms with Crippen LogP contribution in [-0.2, 0) is 16.1 Å². The molecule has 1 aliphatic heterocycles. The number of fused-ring (bicyclic) bond motifs is 1. The maximum atomic E-state index is 12.6. The van der Waals surface area contributed by atoms with Crippen LogP contribution < -0.4 is 5.32 Å². The number of hydrogen-bond acceptors (Lipinski definition) is 7. The second kappa shape index (κ2) is 10.0. The Morgan fingerprint density at radius 1 is 1.00 bits per heavy atom. The predicted octanol–water partition coefficient (Wildman–Crippen LogP) is 3.90. The largest absolute Gasteiger partial charge is 0.343 e. The van der Waals surface area contributed by atoms with Gasteiger partial charge in [-0.3, -0.25) is 9.59 Å². The average Bonchev–Trinajstić information content (AvgIpc) is 3.41. The van der Waals surface area contributed by atoms with Gasteiger partial charge < -0.3 is 14.7 Å². The van der Waals surface area contributed by atoms with Gasteiger partial charge in [0.2, 0.25) is 17.6 Å². The molecule has 0 unspecified atom stereocenters. The lowest BCUT2D eigenvalue weighted by molar-refractivity contribution is -0.131. The van der Waals surface area contributed by atoms with E-state index in [2.05, 4.69) is 25.8 Å². The number of benzene rings is 2. The fourth-order valence-corrected chi connectivity index (χ4v) is 4.31. The van der Waals surface area contributed by atoms with E-state index in [1.54, 1.807) is 16.8 Å². The van der Waals surface area contributed by atoms with Crippen LogP contribution in [0.2, 0.25) is 0 Å². The van der Waals surface area contributed by atoms with Crippen molar-refractivity contribution in [2.45, 2.75) is 45.6 Å². The Balaban J connectivity index is 1.27. The van der Waals surface area contributed by atoms with Crippen LogP contribution in [0.5, 0.6) is 0 Å². The lowest BCUT2D eigenvalue weighted by Crippen LogP contribution is -2.32. The molecule has 0 bridgehead atoms.